The lowest BCUT2D eigenvalue weighted by Crippen LogP contribution is -2.32. The number of hydrogen-bond donors (Lipinski definition) is 1. The van der Waals surface area contributed by atoms with E-state index in [0.29, 0.717) is 46.7 Å². The number of pyridine rings is 1. The van der Waals surface area contributed by atoms with E-state index in [0.717, 1.165) is 29.7 Å². The number of aromatic amines is 1. The second kappa shape index (κ2) is 8.51. The van der Waals surface area contributed by atoms with E-state index in [-0.39, 0.29) is 18.3 Å². The number of halogens is 4. The van der Waals surface area contributed by atoms with Crippen LogP contribution in [0.25, 0.3) is 33.5 Å². The topological polar surface area (TPSA) is 69.3 Å². The van der Waals surface area contributed by atoms with Crippen molar-refractivity contribution >= 4 is 22.8 Å². The Balaban J connectivity index is 1.23. The quantitative estimate of drug-likeness (QED) is 0.377. The van der Waals surface area contributed by atoms with Gasteiger partial charge in [-0.25, -0.2) is 4.98 Å². The number of imidazole rings is 1. The third-order valence-corrected chi connectivity index (χ3v) is 6.58. The highest BCUT2D eigenvalue weighted by atomic mass is 35.5. The minimum atomic E-state index is -4.36. The number of aromatic nitrogens is 3. The molecule has 2 aromatic heterocycles. The van der Waals surface area contributed by atoms with Gasteiger partial charge in [0.1, 0.15) is 6.10 Å². The molecule has 2 aliphatic rings. The Morgan fingerprint density at radius 3 is 2.34 bits per heavy atom. The van der Waals surface area contributed by atoms with Crippen molar-refractivity contribution in [1.29, 1.82) is 0 Å². The molecule has 4 aromatic rings. The molecule has 0 saturated carbocycles. The van der Waals surface area contributed by atoms with Crippen molar-refractivity contribution < 1.29 is 27.4 Å². The lowest BCUT2D eigenvalue weighted by atomic mass is 10.0. The molecular formula is C25H19ClF3N3O3. The third-order valence-electron chi connectivity index (χ3n) is 6.29. The predicted molar refractivity (Wildman–Crippen MR) is 123 cm³/mol. The first-order valence-electron chi connectivity index (χ1n) is 11.1. The van der Waals surface area contributed by atoms with Crippen molar-refractivity contribution in [3.05, 3.63) is 65.2 Å². The van der Waals surface area contributed by atoms with Crippen LogP contribution in [0.3, 0.4) is 0 Å². The molecule has 2 fully saturated rings. The van der Waals surface area contributed by atoms with Crippen LogP contribution < -0.4 is 4.74 Å². The molecule has 0 spiro atoms. The van der Waals surface area contributed by atoms with Crippen molar-refractivity contribution in [1.82, 2.24) is 15.0 Å². The van der Waals surface area contributed by atoms with Crippen molar-refractivity contribution in [2.45, 2.75) is 30.9 Å². The number of benzene rings is 2. The summed E-state index contributed by atoms with van der Waals surface area (Å²) in [4.78, 5) is 12.2. The summed E-state index contributed by atoms with van der Waals surface area (Å²) in [5.41, 5.74) is 3.16. The Morgan fingerprint density at radius 1 is 0.943 bits per heavy atom. The largest absolute Gasteiger partial charge is 0.456 e. The molecule has 0 bridgehead atoms. The standard InChI is InChI=1S/C25H19ClF3N3O3/c26-17-11-18-23(32-24(30-18)35-20-12-34-19-9-10-33-22(19)20)31-21(17)15-3-1-13(2-4-15)14-5-7-16(8-6-14)25(27,28)29/h1-8,11,19-20,22H,9-10,12H2,(H,30,31,32)/t19-,20?,22+/m1/s1. The maximum atomic E-state index is 12.8. The van der Waals surface area contributed by atoms with Gasteiger partial charge in [0, 0.05) is 12.2 Å². The first-order chi connectivity index (χ1) is 16.8. The fraction of sp³-hybridized carbons (Fsp3) is 0.280. The van der Waals surface area contributed by atoms with E-state index in [9.17, 15) is 13.2 Å². The minimum Gasteiger partial charge on any atom is -0.456 e. The smallest absolute Gasteiger partial charge is 0.416 e. The first-order valence-corrected chi connectivity index (χ1v) is 11.5. The van der Waals surface area contributed by atoms with Crippen LogP contribution in [0.5, 0.6) is 6.01 Å². The van der Waals surface area contributed by atoms with E-state index in [1.54, 1.807) is 6.07 Å². The molecule has 0 amide bonds. The number of nitrogens with one attached hydrogen (secondary N) is 1. The Kier molecular flexibility index (Phi) is 5.43. The summed E-state index contributed by atoms with van der Waals surface area (Å²) in [5, 5.41) is 0.429. The zero-order valence-electron chi connectivity index (χ0n) is 18.2. The number of hydrogen-bond acceptors (Lipinski definition) is 5. The first kappa shape index (κ1) is 22.3. The van der Waals surface area contributed by atoms with Crippen LogP contribution in [0, 0.1) is 0 Å². The number of fused-ring (bicyclic) bond motifs is 2. The van der Waals surface area contributed by atoms with Gasteiger partial charge in [-0.2, -0.15) is 18.2 Å². The lowest BCUT2D eigenvalue weighted by Gasteiger charge is -2.15. The Morgan fingerprint density at radius 2 is 1.63 bits per heavy atom. The molecule has 180 valence electrons. The van der Waals surface area contributed by atoms with E-state index in [4.69, 9.17) is 25.8 Å². The number of ether oxygens (including phenoxy) is 3. The molecule has 1 unspecified atom stereocenters. The maximum Gasteiger partial charge on any atom is 0.416 e. The highest BCUT2D eigenvalue weighted by Gasteiger charge is 2.43. The van der Waals surface area contributed by atoms with Crippen molar-refractivity contribution in [3.8, 4) is 28.4 Å². The average molecular weight is 502 g/mol. The molecule has 1 N–H and O–H groups in total. The van der Waals surface area contributed by atoms with Gasteiger partial charge in [-0.3, -0.25) is 0 Å². The van der Waals surface area contributed by atoms with Crippen molar-refractivity contribution in [2.24, 2.45) is 0 Å². The van der Waals surface area contributed by atoms with Crippen LogP contribution in [-0.4, -0.2) is 46.5 Å². The van der Waals surface area contributed by atoms with Gasteiger partial charge < -0.3 is 19.2 Å². The van der Waals surface area contributed by atoms with E-state index in [1.807, 2.05) is 24.3 Å². The fourth-order valence-electron chi connectivity index (χ4n) is 4.50. The van der Waals surface area contributed by atoms with Crippen molar-refractivity contribution in [3.63, 3.8) is 0 Å². The zero-order valence-corrected chi connectivity index (χ0v) is 18.9. The number of H-pyrrole nitrogens is 1. The summed E-state index contributed by atoms with van der Waals surface area (Å²) >= 11 is 6.51. The molecule has 6 nitrogen and oxygen atoms in total. The molecule has 3 atom stereocenters. The molecule has 4 heterocycles. The third kappa shape index (κ3) is 4.24. The predicted octanol–water partition coefficient (Wildman–Crippen LogP) is 5.90. The van der Waals surface area contributed by atoms with Crippen LogP contribution in [-0.2, 0) is 15.7 Å². The molecule has 10 heteroatoms. The van der Waals surface area contributed by atoms with Gasteiger partial charge in [0.05, 0.1) is 34.5 Å². The minimum absolute atomic E-state index is 0.0640. The SMILES string of the molecule is FC(F)(F)c1ccc(-c2ccc(-c3nc4nc(OC5CO[C@@H]6CCO[C@H]56)[nH]c4cc3Cl)cc2)cc1. The normalized spacial score (nSPS) is 22.0. The Labute approximate surface area is 203 Å². The van der Waals surface area contributed by atoms with Gasteiger partial charge >= 0.3 is 6.18 Å². The van der Waals surface area contributed by atoms with E-state index in [2.05, 4.69) is 15.0 Å². The molecule has 2 aliphatic heterocycles. The fourth-order valence-corrected chi connectivity index (χ4v) is 4.76. The molecule has 6 rings (SSSR count). The van der Waals surface area contributed by atoms with Gasteiger partial charge in [0.2, 0.25) is 0 Å². The zero-order chi connectivity index (χ0) is 24.2. The molecular weight excluding hydrogens is 483 g/mol. The average Bonchev–Trinajstić information content (AvgIpc) is 3.55. The maximum absolute atomic E-state index is 12.8. The summed E-state index contributed by atoms with van der Waals surface area (Å²) < 4.78 is 55.9. The summed E-state index contributed by atoms with van der Waals surface area (Å²) in [6.07, 6.45) is -3.77. The second-order valence-corrected chi connectivity index (χ2v) is 8.94. The van der Waals surface area contributed by atoms with Gasteiger partial charge in [0.25, 0.3) is 6.01 Å². The summed E-state index contributed by atoms with van der Waals surface area (Å²) in [5.74, 6) is 0. The van der Waals surface area contributed by atoms with Gasteiger partial charge in [0.15, 0.2) is 11.8 Å². The van der Waals surface area contributed by atoms with Crippen LogP contribution in [0.4, 0.5) is 13.2 Å². The van der Waals surface area contributed by atoms with E-state index < -0.39 is 11.7 Å². The molecule has 35 heavy (non-hydrogen) atoms. The molecule has 0 radical (unpaired) electrons. The Hall–Kier alpha value is -3.14. The van der Waals surface area contributed by atoms with Crippen LogP contribution in [0.1, 0.15) is 12.0 Å². The summed E-state index contributed by atoms with van der Waals surface area (Å²) in [6, 6.07) is 14.4. The number of alkyl halides is 3. The summed E-state index contributed by atoms with van der Waals surface area (Å²) in [7, 11) is 0. The monoisotopic (exact) mass is 501 g/mol. The molecule has 0 aliphatic carbocycles. The number of nitrogens with zero attached hydrogens (tertiary/aromatic N) is 2. The second-order valence-electron chi connectivity index (χ2n) is 8.54. The van der Waals surface area contributed by atoms with Crippen LogP contribution in [0.2, 0.25) is 5.02 Å². The van der Waals surface area contributed by atoms with Gasteiger partial charge in [-0.1, -0.05) is 48.0 Å². The highest BCUT2D eigenvalue weighted by Crippen LogP contribution is 2.34. The number of rotatable bonds is 4. The van der Waals surface area contributed by atoms with E-state index >= 15 is 0 Å². The lowest BCUT2D eigenvalue weighted by molar-refractivity contribution is -0.137. The van der Waals surface area contributed by atoms with Crippen molar-refractivity contribution in [2.75, 3.05) is 13.2 Å². The summed E-state index contributed by atoms with van der Waals surface area (Å²) in [6.45, 7) is 1.10. The highest BCUT2D eigenvalue weighted by molar-refractivity contribution is 6.33. The molecule has 2 saturated heterocycles. The van der Waals surface area contributed by atoms with Crippen LogP contribution in [0.15, 0.2) is 54.6 Å². The van der Waals surface area contributed by atoms with Crippen LogP contribution >= 0.6 is 11.6 Å². The van der Waals surface area contributed by atoms with E-state index in [1.165, 1.54) is 12.1 Å². The molecule has 2 aromatic carbocycles. The Bertz CT molecular complexity index is 1370. The van der Waals surface area contributed by atoms with Gasteiger partial charge in [-0.05, 0) is 35.7 Å². The van der Waals surface area contributed by atoms with Gasteiger partial charge in [-0.15, -0.1) is 0 Å².